The summed E-state index contributed by atoms with van der Waals surface area (Å²) in [6.07, 6.45) is -5.38. The number of halogens is 3. The monoisotopic (exact) mass is 461 g/mol. The molecule has 0 aliphatic carbocycles. The van der Waals surface area contributed by atoms with E-state index in [4.69, 9.17) is 14.6 Å². The number of benzene rings is 3. The molecule has 0 bridgehead atoms. The lowest BCUT2D eigenvalue weighted by atomic mass is 10.2. The quantitative estimate of drug-likeness (QED) is 0.361. The van der Waals surface area contributed by atoms with Crippen LogP contribution < -0.4 is 9.47 Å². The second-order valence-electron chi connectivity index (χ2n) is 6.51. The van der Waals surface area contributed by atoms with Crippen molar-refractivity contribution in [1.82, 2.24) is 4.98 Å². The summed E-state index contributed by atoms with van der Waals surface area (Å²) in [6, 6.07) is 18.5. The Bertz CT molecular complexity index is 1130. The third-order valence-corrected chi connectivity index (χ3v) is 4.95. The summed E-state index contributed by atoms with van der Waals surface area (Å²) in [4.78, 5) is 14.8. The molecule has 1 aromatic heterocycles. The van der Waals surface area contributed by atoms with Crippen LogP contribution in [0.4, 0.5) is 13.2 Å². The summed E-state index contributed by atoms with van der Waals surface area (Å²) in [7, 11) is 0. The smallest absolute Gasteiger partial charge is 0.416 e. The van der Waals surface area contributed by atoms with Crippen molar-refractivity contribution in [1.29, 1.82) is 0 Å². The van der Waals surface area contributed by atoms with Crippen molar-refractivity contribution < 1.29 is 32.5 Å². The molecule has 0 radical (unpaired) electrons. The summed E-state index contributed by atoms with van der Waals surface area (Å²) in [5.74, 6) is -0.0968. The van der Waals surface area contributed by atoms with Crippen LogP contribution in [-0.4, -0.2) is 22.2 Å². The summed E-state index contributed by atoms with van der Waals surface area (Å²) in [6.45, 7) is 1.40. The molecule has 166 valence electrons. The highest BCUT2D eigenvalue weighted by molar-refractivity contribution is 7.16. The molecule has 4 aromatic rings. The number of nitrogens with zero attached hydrogens (tertiary/aromatic N) is 1. The maximum Gasteiger partial charge on any atom is 0.416 e. The van der Waals surface area contributed by atoms with Crippen LogP contribution in [0, 0.1) is 0 Å². The number of carbonyl (C=O) groups is 1. The third-order valence-electron chi connectivity index (χ3n) is 4.14. The van der Waals surface area contributed by atoms with Crippen molar-refractivity contribution >= 4 is 27.5 Å². The topological polar surface area (TPSA) is 68.7 Å². The zero-order valence-corrected chi connectivity index (χ0v) is 17.6. The van der Waals surface area contributed by atoms with Gasteiger partial charge >= 0.3 is 12.1 Å². The number of aliphatic carboxylic acids is 1. The molecule has 0 saturated carbocycles. The normalized spacial score (nSPS) is 11.9. The Balaban J connectivity index is 0.000000264. The minimum absolute atomic E-state index is 0.255. The van der Waals surface area contributed by atoms with E-state index in [-0.39, 0.29) is 5.75 Å². The SMILES string of the molecule is CC(Oc1ccc(Oc2ccc(C(F)(F)F)cc2)cc1)C(=O)O.c1ccc2scnc2c1. The molecule has 32 heavy (non-hydrogen) atoms. The van der Waals surface area contributed by atoms with Crippen molar-refractivity contribution in [3.8, 4) is 17.2 Å². The number of carboxylic acid groups (broad SMARTS) is 1. The zero-order chi connectivity index (χ0) is 23.1. The lowest BCUT2D eigenvalue weighted by Crippen LogP contribution is -2.22. The molecule has 1 atom stereocenters. The van der Waals surface area contributed by atoms with Gasteiger partial charge in [0.25, 0.3) is 0 Å². The first-order valence-electron chi connectivity index (χ1n) is 9.35. The van der Waals surface area contributed by atoms with Crippen LogP contribution in [0.25, 0.3) is 10.2 Å². The van der Waals surface area contributed by atoms with Gasteiger partial charge in [0.05, 0.1) is 21.3 Å². The minimum Gasteiger partial charge on any atom is -0.479 e. The Hall–Kier alpha value is -3.59. The van der Waals surface area contributed by atoms with E-state index >= 15 is 0 Å². The molecule has 0 aliphatic rings. The van der Waals surface area contributed by atoms with E-state index in [9.17, 15) is 18.0 Å². The van der Waals surface area contributed by atoms with Crippen LogP contribution in [0.3, 0.4) is 0 Å². The molecular weight excluding hydrogens is 443 g/mol. The van der Waals surface area contributed by atoms with Crippen molar-refractivity contribution in [3.05, 3.63) is 83.9 Å². The molecule has 0 aliphatic heterocycles. The molecule has 0 amide bonds. The number of alkyl halides is 3. The number of rotatable bonds is 5. The molecule has 9 heteroatoms. The Labute approximate surface area is 185 Å². The van der Waals surface area contributed by atoms with Crippen molar-refractivity contribution in [2.75, 3.05) is 0 Å². The number of fused-ring (bicyclic) bond motifs is 1. The van der Waals surface area contributed by atoms with Crippen molar-refractivity contribution in [3.63, 3.8) is 0 Å². The summed E-state index contributed by atoms with van der Waals surface area (Å²) < 4.78 is 49.2. The third kappa shape index (κ3) is 6.45. The Morgan fingerprint density at radius 3 is 2.06 bits per heavy atom. The maximum absolute atomic E-state index is 12.5. The summed E-state index contributed by atoms with van der Waals surface area (Å²) in [5.41, 5.74) is 2.21. The minimum atomic E-state index is -4.39. The van der Waals surface area contributed by atoms with Crippen LogP contribution in [0.1, 0.15) is 12.5 Å². The number of hydrogen-bond acceptors (Lipinski definition) is 5. The lowest BCUT2D eigenvalue weighted by molar-refractivity contribution is -0.144. The number of ether oxygens (including phenoxy) is 2. The van der Waals surface area contributed by atoms with Gasteiger partial charge in [0.1, 0.15) is 17.2 Å². The van der Waals surface area contributed by atoms with E-state index in [0.717, 1.165) is 17.6 Å². The van der Waals surface area contributed by atoms with Gasteiger partial charge in [0.2, 0.25) is 0 Å². The predicted octanol–water partition coefficient (Wildman–Crippen LogP) is 6.65. The van der Waals surface area contributed by atoms with Gasteiger partial charge in [-0.2, -0.15) is 13.2 Å². The van der Waals surface area contributed by atoms with E-state index in [1.54, 1.807) is 11.3 Å². The van der Waals surface area contributed by atoms with Crippen LogP contribution in [-0.2, 0) is 11.0 Å². The van der Waals surface area contributed by atoms with Crippen molar-refractivity contribution in [2.45, 2.75) is 19.2 Å². The molecule has 0 spiro atoms. The molecule has 4 rings (SSSR count). The largest absolute Gasteiger partial charge is 0.479 e. The molecule has 1 N–H and O–H groups in total. The van der Waals surface area contributed by atoms with E-state index in [2.05, 4.69) is 11.1 Å². The van der Waals surface area contributed by atoms with Crippen LogP contribution in [0.5, 0.6) is 17.2 Å². The van der Waals surface area contributed by atoms with E-state index in [1.807, 2.05) is 23.7 Å². The predicted molar refractivity (Wildman–Crippen MR) is 115 cm³/mol. The van der Waals surface area contributed by atoms with E-state index in [0.29, 0.717) is 11.5 Å². The van der Waals surface area contributed by atoms with Crippen LogP contribution >= 0.6 is 11.3 Å². The molecule has 1 unspecified atom stereocenters. The fraction of sp³-hybridized carbons (Fsp3) is 0.130. The highest BCUT2D eigenvalue weighted by Gasteiger charge is 2.30. The van der Waals surface area contributed by atoms with Crippen LogP contribution in [0.2, 0.25) is 0 Å². The van der Waals surface area contributed by atoms with Crippen molar-refractivity contribution in [2.24, 2.45) is 0 Å². The van der Waals surface area contributed by atoms with Crippen LogP contribution in [0.15, 0.2) is 78.3 Å². The van der Waals surface area contributed by atoms with E-state index in [1.165, 1.54) is 48.0 Å². The first kappa shape index (κ1) is 23.1. The van der Waals surface area contributed by atoms with Gasteiger partial charge in [0.15, 0.2) is 6.10 Å². The van der Waals surface area contributed by atoms with Gasteiger partial charge in [-0.25, -0.2) is 9.78 Å². The number of thiazole rings is 1. The molecule has 1 heterocycles. The van der Waals surface area contributed by atoms with E-state index < -0.39 is 23.8 Å². The number of hydrogen-bond donors (Lipinski definition) is 1. The fourth-order valence-electron chi connectivity index (χ4n) is 2.49. The first-order chi connectivity index (χ1) is 15.2. The number of carboxylic acids is 1. The summed E-state index contributed by atoms with van der Waals surface area (Å²) in [5, 5.41) is 8.74. The molecule has 0 saturated heterocycles. The second kappa shape index (κ2) is 10.1. The van der Waals surface area contributed by atoms with Gasteiger partial charge in [-0.1, -0.05) is 12.1 Å². The maximum atomic E-state index is 12.5. The first-order valence-corrected chi connectivity index (χ1v) is 10.2. The highest BCUT2D eigenvalue weighted by Crippen LogP contribution is 2.31. The number of aromatic nitrogens is 1. The van der Waals surface area contributed by atoms with Gasteiger partial charge < -0.3 is 14.6 Å². The van der Waals surface area contributed by atoms with Gasteiger partial charge in [-0.3, -0.25) is 0 Å². The Morgan fingerprint density at radius 1 is 0.938 bits per heavy atom. The molecule has 3 aromatic carbocycles. The zero-order valence-electron chi connectivity index (χ0n) is 16.7. The second-order valence-corrected chi connectivity index (χ2v) is 7.40. The molecular formula is C23H18F3NO4S. The van der Waals surface area contributed by atoms with Gasteiger partial charge in [-0.15, -0.1) is 11.3 Å². The lowest BCUT2D eigenvalue weighted by Gasteiger charge is -2.11. The average Bonchev–Trinajstić information content (AvgIpc) is 3.24. The summed E-state index contributed by atoms with van der Waals surface area (Å²) >= 11 is 1.68. The Morgan fingerprint density at radius 2 is 1.50 bits per heavy atom. The number of para-hydroxylation sites is 1. The Kier molecular flexibility index (Phi) is 7.32. The molecule has 0 fully saturated rings. The van der Waals surface area contributed by atoms with Gasteiger partial charge in [0, 0.05) is 0 Å². The average molecular weight is 461 g/mol. The van der Waals surface area contributed by atoms with Gasteiger partial charge in [-0.05, 0) is 67.6 Å². The molecule has 5 nitrogen and oxygen atoms in total. The fourth-order valence-corrected chi connectivity index (χ4v) is 3.17. The highest BCUT2D eigenvalue weighted by atomic mass is 32.1. The standard InChI is InChI=1S/C16H13F3O4.C7H5NS/c1-10(15(20)21)22-12-6-8-14(9-7-12)23-13-4-2-11(3-5-13)16(17,18)19;1-2-4-7-6(3-1)8-5-9-7/h2-10H,1H3,(H,20,21);1-5H.